The van der Waals surface area contributed by atoms with Gasteiger partial charge in [0.15, 0.2) is 0 Å². The van der Waals surface area contributed by atoms with Crippen LogP contribution in [0.3, 0.4) is 0 Å². The first-order valence-electron chi connectivity index (χ1n) is 7.14. The maximum absolute atomic E-state index is 12.2. The number of nitrogens with one attached hydrogen (secondary N) is 1. The van der Waals surface area contributed by atoms with E-state index in [0.29, 0.717) is 37.5 Å². The van der Waals surface area contributed by atoms with Crippen LogP contribution >= 0.6 is 0 Å². The van der Waals surface area contributed by atoms with Crippen molar-refractivity contribution >= 4 is 12.0 Å². The largest absolute Gasteiger partial charge is 0.481 e. The number of aryl methyl sites for hydroxylation is 1. The highest BCUT2D eigenvalue weighted by molar-refractivity contribution is 5.78. The quantitative estimate of drug-likeness (QED) is 0.882. The number of rotatable bonds is 4. The first-order chi connectivity index (χ1) is 9.97. The van der Waals surface area contributed by atoms with Crippen molar-refractivity contribution in [1.29, 1.82) is 0 Å². The number of oxazole rings is 1. The summed E-state index contributed by atoms with van der Waals surface area (Å²) in [6, 6.07) is -0.273. The maximum atomic E-state index is 12.2. The summed E-state index contributed by atoms with van der Waals surface area (Å²) < 4.78 is 5.28. The van der Waals surface area contributed by atoms with Gasteiger partial charge in [0.2, 0.25) is 5.89 Å². The van der Waals surface area contributed by atoms with Crippen molar-refractivity contribution < 1.29 is 19.1 Å². The minimum Gasteiger partial charge on any atom is -0.481 e. The minimum absolute atomic E-state index is 0.204. The molecule has 1 atom stereocenters. The lowest BCUT2D eigenvalue weighted by molar-refractivity contribution is -0.152. The smallest absolute Gasteiger partial charge is 0.317 e. The molecule has 1 aliphatic rings. The summed E-state index contributed by atoms with van der Waals surface area (Å²) in [6.45, 7) is 4.66. The number of likely N-dealkylation sites (tertiary alicyclic amines) is 1. The van der Waals surface area contributed by atoms with Crippen molar-refractivity contribution in [3.05, 3.63) is 17.8 Å². The fourth-order valence-corrected chi connectivity index (χ4v) is 2.67. The Morgan fingerprint density at radius 3 is 2.90 bits per heavy atom. The maximum Gasteiger partial charge on any atom is 0.317 e. The second kappa shape index (κ2) is 6.15. The van der Waals surface area contributed by atoms with E-state index in [9.17, 15) is 14.7 Å². The van der Waals surface area contributed by atoms with Crippen LogP contribution in [0.1, 0.15) is 37.8 Å². The van der Waals surface area contributed by atoms with E-state index < -0.39 is 11.4 Å². The van der Waals surface area contributed by atoms with E-state index in [1.54, 1.807) is 18.0 Å². The number of piperidine rings is 1. The number of carboxylic acids is 1. The number of hydrogen-bond acceptors (Lipinski definition) is 4. The summed E-state index contributed by atoms with van der Waals surface area (Å²) in [4.78, 5) is 29.2. The van der Waals surface area contributed by atoms with Crippen LogP contribution in [-0.2, 0) is 11.3 Å². The standard InChI is InChI=1S/C14H21N3O4/c1-3-14(12(18)19)5-4-6-17(9-14)13(20)16-8-11-15-7-10(2)21-11/h7H,3-6,8-9H2,1-2H3,(H,16,20)(H,18,19). The number of hydrogen-bond donors (Lipinski definition) is 2. The average molecular weight is 295 g/mol. The Hall–Kier alpha value is -2.05. The van der Waals surface area contributed by atoms with Gasteiger partial charge in [0.25, 0.3) is 0 Å². The second-order valence-corrected chi connectivity index (χ2v) is 5.49. The monoisotopic (exact) mass is 295 g/mol. The van der Waals surface area contributed by atoms with E-state index in [4.69, 9.17) is 4.42 Å². The molecule has 1 aliphatic heterocycles. The fourth-order valence-electron chi connectivity index (χ4n) is 2.67. The number of aromatic nitrogens is 1. The van der Waals surface area contributed by atoms with E-state index in [-0.39, 0.29) is 19.1 Å². The molecule has 7 heteroatoms. The molecule has 7 nitrogen and oxygen atoms in total. The van der Waals surface area contributed by atoms with Gasteiger partial charge in [-0.1, -0.05) is 6.92 Å². The third kappa shape index (κ3) is 3.34. The Morgan fingerprint density at radius 2 is 2.33 bits per heavy atom. The molecule has 1 aromatic rings. The van der Waals surface area contributed by atoms with Crippen LogP contribution in [0, 0.1) is 12.3 Å². The highest BCUT2D eigenvalue weighted by Gasteiger charge is 2.42. The molecule has 0 saturated carbocycles. The third-order valence-electron chi connectivity index (χ3n) is 4.05. The van der Waals surface area contributed by atoms with Crippen molar-refractivity contribution in [3.63, 3.8) is 0 Å². The third-order valence-corrected chi connectivity index (χ3v) is 4.05. The zero-order valence-corrected chi connectivity index (χ0v) is 12.4. The van der Waals surface area contributed by atoms with E-state index >= 15 is 0 Å². The predicted octanol–water partition coefficient (Wildman–Crippen LogP) is 1.77. The molecule has 2 heterocycles. The molecule has 1 saturated heterocycles. The number of aliphatic carboxylic acids is 1. The first-order valence-corrected chi connectivity index (χ1v) is 7.14. The lowest BCUT2D eigenvalue weighted by Gasteiger charge is -2.39. The van der Waals surface area contributed by atoms with Crippen molar-refractivity contribution in [3.8, 4) is 0 Å². The number of urea groups is 1. The molecule has 2 rings (SSSR count). The van der Waals surface area contributed by atoms with Gasteiger partial charge in [-0.3, -0.25) is 4.79 Å². The van der Waals surface area contributed by atoms with Crippen LogP contribution in [0.25, 0.3) is 0 Å². The second-order valence-electron chi connectivity index (χ2n) is 5.49. The Bertz CT molecular complexity index is 528. The summed E-state index contributed by atoms with van der Waals surface area (Å²) in [7, 11) is 0. The Balaban J connectivity index is 1.94. The van der Waals surface area contributed by atoms with E-state index in [2.05, 4.69) is 10.3 Å². The molecular weight excluding hydrogens is 274 g/mol. The van der Waals surface area contributed by atoms with E-state index in [1.165, 1.54) is 0 Å². The lowest BCUT2D eigenvalue weighted by Crippen LogP contribution is -2.52. The Morgan fingerprint density at radius 1 is 1.57 bits per heavy atom. The average Bonchev–Trinajstić information content (AvgIpc) is 2.90. The number of carboxylic acid groups (broad SMARTS) is 1. The predicted molar refractivity (Wildman–Crippen MR) is 74.6 cm³/mol. The van der Waals surface area contributed by atoms with Crippen LogP contribution in [0.2, 0.25) is 0 Å². The van der Waals surface area contributed by atoms with Gasteiger partial charge in [-0.2, -0.15) is 0 Å². The SMILES string of the molecule is CCC1(C(=O)O)CCCN(C(=O)NCc2ncc(C)o2)C1. The molecule has 21 heavy (non-hydrogen) atoms. The zero-order chi connectivity index (χ0) is 15.5. The fraction of sp³-hybridized carbons (Fsp3) is 0.643. The molecule has 1 unspecified atom stereocenters. The van der Waals surface area contributed by atoms with Crippen molar-refractivity contribution in [1.82, 2.24) is 15.2 Å². The molecular formula is C14H21N3O4. The summed E-state index contributed by atoms with van der Waals surface area (Å²) in [5, 5.41) is 12.1. The molecule has 0 spiro atoms. The highest BCUT2D eigenvalue weighted by atomic mass is 16.4. The van der Waals surface area contributed by atoms with Crippen LogP contribution in [0.5, 0.6) is 0 Å². The van der Waals surface area contributed by atoms with Crippen molar-refractivity contribution in [2.75, 3.05) is 13.1 Å². The minimum atomic E-state index is -0.828. The summed E-state index contributed by atoms with van der Waals surface area (Å²) in [5.74, 6) is 0.303. The van der Waals surface area contributed by atoms with E-state index in [0.717, 1.165) is 0 Å². The summed E-state index contributed by atoms with van der Waals surface area (Å²) in [5.41, 5.74) is -0.824. The summed E-state index contributed by atoms with van der Waals surface area (Å²) in [6.07, 6.45) is 3.42. The van der Waals surface area contributed by atoms with Gasteiger partial charge >= 0.3 is 12.0 Å². The topological polar surface area (TPSA) is 95.7 Å². The molecule has 0 radical (unpaired) electrons. The molecule has 0 bridgehead atoms. The number of amides is 2. The number of nitrogens with zero attached hydrogens (tertiary/aromatic N) is 2. The Labute approximate surface area is 123 Å². The highest BCUT2D eigenvalue weighted by Crippen LogP contribution is 2.33. The van der Waals surface area contributed by atoms with Crippen molar-refractivity contribution in [2.24, 2.45) is 5.41 Å². The van der Waals surface area contributed by atoms with Crippen LogP contribution in [-0.4, -0.2) is 40.1 Å². The zero-order valence-electron chi connectivity index (χ0n) is 12.4. The van der Waals surface area contributed by atoms with Crippen LogP contribution in [0.4, 0.5) is 4.79 Å². The van der Waals surface area contributed by atoms with Gasteiger partial charge in [-0.05, 0) is 26.2 Å². The van der Waals surface area contributed by atoms with Gasteiger partial charge in [0.1, 0.15) is 5.76 Å². The van der Waals surface area contributed by atoms with Gasteiger partial charge in [0, 0.05) is 13.1 Å². The van der Waals surface area contributed by atoms with Gasteiger partial charge < -0.3 is 19.7 Å². The normalized spacial score (nSPS) is 22.1. The first kappa shape index (κ1) is 15.3. The number of carbonyl (C=O) groups is 2. The van der Waals surface area contributed by atoms with E-state index in [1.807, 2.05) is 6.92 Å². The van der Waals surface area contributed by atoms with Gasteiger partial charge in [0.05, 0.1) is 18.2 Å². The van der Waals surface area contributed by atoms with Crippen molar-refractivity contribution in [2.45, 2.75) is 39.7 Å². The molecule has 1 fully saturated rings. The molecule has 0 aromatic carbocycles. The number of carbonyl (C=O) groups excluding carboxylic acids is 1. The van der Waals surface area contributed by atoms with Crippen LogP contribution in [0.15, 0.2) is 10.6 Å². The molecule has 116 valence electrons. The summed E-state index contributed by atoms with van der Waals surface area (Å²) >= 11 is 0. The molecule has 2 amide bonds. The van der Waals surface area contributed by atoms with Gasteiger partial charge in [-0.25, -0.2) is 9.78 Å². The Kier molecular flexibility index (Phi) is 4.50. The molecule has 0 aliphatic carbocycles. The lowest BCUT2D eigenvalue weighted by atomic mass is 9.78. The molecule has 1 aromatic heterocycles. The van der Waals surface area contributed by atoms with Crippen LogP contribution < -0.4 is 5.32 Å². The molecule has 2 N–H and O–H groups in total. The van der Waals surface area contributed by atoms with Gasteiger partial charge in [-0.15, -0.1) is 0 Å².